The van der Waals surface area contributed by atoms with Gasteiger partial charge in [-0.25, -0.2) is 15.2 Å². The van der Waals surface area contributed by atoms with Crippen molar-refractivity contribution in [3.05, 3.63) is 40.5 Å². The summed E-state index contributed by atoms with van der Waals surface area (Å²) < 4.78 is 19.1. The Morgan fingerprint density at radius 1 is 1.24 bits per heavy atom. The minimum atomic E-state index is -0.272. The van der Waals surface area contributed by atoms with Crippen molar-refractivity contribution in [3.63, 3.8) is 0 Å². The SMILES string of the molecule is Cc1cc2c(Oc3ccc(F)c(C)c3)nc(NN)nc2s1. The molecule has 0 saturated heterocycles. The molecule has 3 rings (SSSR count). The summed E-state index contributed by atoms with van der Waals surface area (Å²) in [4.78, 5) is 10.4. The Balaban J connectivity index is 2.07. The van der Waals surface area contributed by atoms with Crippen LogP contribution in [0.25, 0.3) is 10.2 Å². The van der Waals surface area contributed by atoms with E-state index in [1.807, 2.05) is 13.0 Å². The standard InChI is InChI=1S/C14H13FN4OS/c1-7-5-9(3-4-11(7)15)20-12-10-6-8(2)21-13(10)18-14(17-12)19-16/h3-6H,16H2,1-2H3,(H,17,18,19). The highest BCUT2D eigenvalue weighted by Gasteiger charge is 2.12. The molecule has 0 aliphatic carbocycles. The molecule has 108 valence electrons. The Morgan fingerprint density at radius 3 is 2.76 bits per heavy atom. The molecule has 0 aliphatic rings. The molecule has 1 aromatic carbocycles. The normalized spacial score (nSPS) is 10.9. The van der Waals surface area contributed by atoms with Gasteiger partial charge in [0.05, 0.1) is 5.39 Å². The van der Waals surface area contributed by atoms with Gasteiger partial charge in [0.1, 0.15) is 16.4 Å². The zero-order valence-electron chi connectivity index (χ0n) is 11.5. The van der Waals surface area contributed by atoms with E-state index in [0.717, 1.165) is 15.1 Å². The Hall–Kier alpha value is -2.25. The quantitative estimate of drug-likeness (QED) is 0.572. The van der Waals surface area contributed by atoms with Crippen molar-refractivity contribution in [1.82, 2.24) is 9.97 Å². The maximum Gasteiger partial charge on any atom is 0.241 e. The van der Waals surface area contributed by atoms with Crippen LogP contribution in [-0.2, 0) is 0 Å². The van der Waals surface area contributed by atoms with Gasteiger partial charge in [0.15, 0.2) is 0 Å². The van der Waals surface area contributed by atoms with Gasteiger partial charge in [0.25, 0.3) is 0 Å². The highest BCUT2D eigenvalue weighted by atomic mass is 32.1. The fourth-order valence-corrected chi connectivity index (χ4v) is 2.82. The number of ether oxygens (including phenoxy) is 1. The van der Waals surface area contributed by atoms with Gasteiger partial charge >= 0.3 is 0 Å². The summed E-state index contributed by atoms with van der Waals surface area (Å²) in [7, 11) is 0. The summed E-state index contributed by atoms with van der Waals surface area (Å²) in [6, 6.07) is 6.50. The molecule has 0 amide bonds. The molecule has 0 saturated carbocycles. The molecule has 0 fully saturated rings. The van der Waals surface area contributed by atoms with Crippen LogP contribution in [0.15, 0.2) is 24.3 Å². The van der Waals surface area contributed by atoms with Gasteiger partial charge in [-0.3, -0.25) is 5.43 Å². The lowest BCUT2D eigenvalue weighted by molar-refractivity contribution is 0.466. The number of halogens is 1. The van der Waals surface area contributed by atoms with Crippen LogP contribution in [0.4, 0.5) is 10.3 Å². The number of thiophene rings is 1. The van der Waals surface area contributed by atoms with Crippen molar-refractivity contribution >= 4 is 27.5 Å². The monoisotopic (exact) mass is 304 g/mol. The molecule has 21 heavy (non-hydrogen) atoms. The maximum atomic E-state index is 13.3. The van der Waals surface area contributed by atoms with Gasteiger partial charge in [0.2, 0.25) is 11.8 Å². The number of aryl methyl sites for hydroxylation is 2. The molecule has 3 aromatic rings. The third-order valence-corrected chi connectivity index (χ3v) is 3.90. The highest BCUT2D eigenvalue weighted by molar-refractivity contribution is 7.18. The maximum absolute atomic E-state index is 13.3. The van der Waals surface area contributed by atoms with E-state index in [2.05, 4.69) is 15.4 Å². The Labute approximate surface area is 124 Å². The molecule has 0 atom stereocenters. The van der Waals surface area contributed by atoms with E-state index in [0.29, 0.717) is 17.2 Å². The van der Waals surface area contributed by atoms with Crippen molar-refractivity contribution in [2.45, 2.75) is 13.8 Å². The zero-order chi connectivity index (χ0) is 15.0. The number of anilines is 1. The third-order valence-electron chi connectivity index (χ3n) is 2.95. The summed E-state index contributed by atoms with van der Waals surface area (Å²) in [5.74, 6) is 6.29. The van der Waals surface area contributed by atoms with Crippen LogP contribution in [0.2, 0.25) is 0 Å². The Morgan fingerprint density at radius 2 is 2.05 bits per heavy atom. The first-order valence-corrected chi connectivity index (χ1v) is 7.07. The molecule has 2 aromatic heterocycles. The second-order valence-corrected chi connectivity index (χ2v) is 5.82. The number of hydrazine groups is 1. The van der Waals surface area contributed by atoms with Crippen molar-refractivity contribution in [2.24, 2.45) is 5.84 Å². The molecule has 5 nitrogen and oxygen atoms in total. The van der Waals surface area contributed by atoms with Crippen LogP contribution in [0, 0.1) is 19.7 Å². The molecular weight excluding hydrogens is 291 g/mol. The number of aromatic nitrogens is 2. The minimum Gasteiger partial charge on any atom is -0.438 e. The van der Waals surface area contributed by atoms with Crippen molar-refractivity contribution in [3.8, 4) is 11.6 Å². The Kier molecular flexibility index (Phi) is 3.44. The van der Waals surface area contributed by atoms with Gasteiger partial charge in [0, 0.05) is 4.88 Å². The second kappa shape index (κ2) is 5.27. The lowest BCUT2D eigenvalue weighted by Gasteiger charge is -2.08. The van der Waals surface area contributed by atoms with E-state index >= 15 is 0 Å². The molecule has 3 N–H and O–H groups in total. The summed E-state index contributed by atoms with van der Waals surface area (Å²) in [6.07, 6.45) is 0. The average molecular weight is 304 g/mol. The Bertz CT molecular complexity index is 818. The molecule has 0 aliphatic heterocycles. The van der Waals surface area contributed by atoms with E-state index < -0.39 is 0 Å². The van der Waals surface area contributed by atoms with Gasteiger partial charge in [-0.1, -0.05) is 0 Å². The van der Waals surface area contributed by atoms with Crippen LogP contribution in [0.3, 0.4) is 0 Å². The molecule has 0 bridgehead atoms. The number of benzene rings is 1. The van der Waals surface area contributed by atoms with E-state index in [4.69, 9.17) is 10.6 Å². The number of hydrogen-bond donors (Lipinski definition) is 2. The van der Waals surface area contributed by atoms with Gasteiger partial charge in [-0.15, -0.1) is 11.3 Å². The predicted molar refractivity (Wildman–Crippen MR) is 81.2 cm³/mol. The van der Waals surface area contributed by atoms with Gasteiger partial charge < -0.3 is 4.74 Å². The van der Waals surface area contributed by atoms with Crippen LogP contribution in [0.1, 0.15) is 10.4 Å². The number of nitrogens with one attached hydrogen (secondary N) is 1. The molecular formula is C14H13FN4OS. The van der Waals surface area contributed by atoms with Gasteiger partial charge in [-0.05, 0) is 43.7 Å². The average Bonchev–Trinajstić information content (AvgIpc) is 2.83. The van der Waals surface area contributed by atoms with E-state index in [9.17, 15) is 4.39 Å². The van der Waals surface area contributed by atoms with E-state index in [1.165, 1.54) is 17.4 Å². The molecule has 0 spiro atoms. The summed E-state index contributed by atoms with van der Waals surface area (Å²) in [5, 5.41) is 0.804. The zero-order valence-corrected chi connectivity index (χ0v) is 12.3. The van der Waals surface area contributed by atoms with Crippen LogP contribution < -0.4 is 16.0 Å². The molecule has 0 radical (unpaired) electrons. The topological polar surface area (TPSA) is 73.1 Å². The van der Waals surface area contributed by atoms with Crippen LogP contribution >= 0.6 is 11.3 Å². The van der Waals surface area contributed by atoms with Crippen molar-refractivity contribution < 1.29 is 9.13 Å². The lowest BCUT2D eigenvalue weighted by Crippen LogP contribution is -2.10. The minimum absolute atomic E-state index is 0.272. The number of hydrogen-bond acceptors (Lipinski definition) is 6. The summed E-state index contributed by atoms with van der Waals surface area (Å²) in [6.45, 7) is 3.66. The van der Waals surface area contributed by atoms with Crippen LogP contribution in [0.5, 0.6) is 11.6 Å². The number of nitrogens with two attached hydrogens (primary N) is 1. The van der Waals surface area contributed by atoms with Gasteiger partial charge in [-0.2, -0.15) is 4.98 Å². The lowest BCUT2D eigenvalue weighted by atomic mass is 10.2. The van der Waals surface area contributed by atoms with E-state index in [-0.39, 0.29) is 11.8 Å². The largest absolute Gasteiger partial charge is 0.438 e. The summed E-state index contributed by atoms with van der Waals surface area (Å²) in [5.41, 5.74) is 2.93. The second-order valence-electron chi connectivity index (χ2n) is 4.59. The first-order chi connectivity index (χ1) is 10.1. The summed E-state index contributed by atoms with van der Waals surface area (Å²) >= 11 is 1.53. The number of rotatable bonds is 3. The molecule has 2 heterocycles. The van der Waals surface area contributed by atoms with Crippen molar-refractivity contribution in [2.75, 3.05) is 5.43 Å². The number of nitrogens with zero attached hydrogens (tertiary/aromatic N) is 2. The third kappa shape index (κ3) is 2.65. The molecule has 0 unspecified atom stereocenters. The van der Waals surface area contributed by atoms with E-state index in [1.54, 1.807) is 19.1 Å². The fourth-order valence-electron chi connectivity index (χ4n) is 1.95. The molecule has 7 heteroatoms. The van der Waals surface area contributed by atoms with Crippen LogP contribution in [-0.4, -0.2) is 9.97 Å². The first kappa shape index (κ1) is 13.7. The first-order valence-electron chi connectivity index (χ1n) is 6.25. The highest BCUT2D eigenvalue weighted by Crippen LogP contribution is 2.33. The number of nitrogen functional groups attached to an aromatic ring is 1. The van der Waals surface area contributed by atoms with Crippen molar-refractivity contribution in [1.29, 1.82) is 0 Å². The number of fused-ring (bicyclic) bond motifs is 1. The smallest absolute Gasteiger partial charge is 0.241 e. The predicted octanol–water partition coefficient (Wildman–Crippen LogP) is 3.53. The fraction of sp³-hybridized carbons (Fsp3) is 0.143.